The lowest BCUT2D eigenvalue weighted by molar-refractivity contribution is 0.305. The molecule has 0 heterocycles. The Balaban J connectivity index is 2.07. The summed E-state index contributed by atoms with van der Waals surface area (Å²) in [6.45, 7) is 6.58. The van der Waals surface area contributed by atoms with Crippen molar-refractivity contribution in [2.24, 2.45) is 0 Å². The van der Waals surface area contributed by atoms with Gasteiger partial charge in [-0.15, -0.1) is 0 Å². The normalized spacial score (nSPS) is 10.8. The van der Waals surface area contributed by atoms with Crippen LogP contribution in [0, 0.1) is 0 Å². The van der Waals surface area contributed by atoms with Crippen LogP contribution < -0.4 is 14.8 Å². The zero-order valence-electron chi connectivity index (χ0n) is 13.0. The van der Waals surface area contributed by atoms with Gasteiger partial charge in [0.2, 0.25) is 0 Å². The van der Waals surface area contributed by atoms with Crippen LogP contribution in [0.2, 0.25) is 0 Å². The molecule has 4 nitrogen and oxygen atoms in total. The van der Waals surface area contributed by atoms with Crippen LogP contribution in [0.5, 0.6) is 11.5 Å². The zero-order valence-corrected chi connectivity index (χ0v) is 13.0. The minimum atomic E-state index is 0.692. The van der Waals surface area contributed by atoms with E-state index in [-0.39, 0.29) is 0 Å². The molecule has 1 aromatic rings. The summed E-state index contributed by atoms with van der Waals surface area (Å²) in [6.07, 6.45) is 2.19. The first kappa shape index (κ1) is 16.8. The average molecular weight is 280 g/mol. The number of rotatable bonds is 11. The van der Waals surface area contributed by atoms with Gasteiger partial charge in [0.1, 0.15) is 18.1 Å². The highest BCUT2D eigenvalue weighted by molar-refractivity contribution is 5.31. The van der Waals surface area contributed by atoms with Gasteiger partial charge in [0.15, 0.2) is 0 Å². The summed E-state index contributed by atoms with van der Waals surface area (Å²) in [6, 6.07) is 7.82. The van der Waals surface area contributed by atoms with Crippen molar-refractivity contribution in [1.29, 1.82) is 0 Å². The van der Waals surface area contributed by atoms with E-state index in [4.69, 9.17) is 9.47 Å². The Bertz CT molecular complexity index is 339. The van der Waals surface area contributed by atoms with Crippen LogP contribution in [0.15, 0.2) is 24.3 Å². The lowest BCUT2D eigenvalue weighted by atomic mass is 10.3. The van der Waals surface area contributed by atoms with E-state index >= 15 is 0 Å². The zero-order chi connectivity index (χ0) is 14.6. The molecule has 0 amide bonds. The predicted octanol–water partition coefficient (Wildman–Crippen LogP) is 2.40. The Morgan fingerprint density at radius 2 is 1.55 bits per heavy atom. The van der Waals surface area contributed by atoms with E-state index in [2.05, 4.69) is 31.2 Å². The maximum Gasteiger partial charge on any atom is 0.119 e. The molecule has 0 aliphatic heterocycles. The van der Waals surface area contributed by atoms with Crippen molar-refractivity contribution in [3.63, 3.8) is 0 Å². The molecule has 1 N–H and O–H groups in total. The fraction of sp³-hybridized carbons (Fsp3) is 0.625. The topological polar surface area (TPSA) is 33.7 Å². The molecule has 0 atom stereocenters. The number of hydrogen-bond acceptors (Lipinski definition) is 4. The minimum Gasteiger partial charge on any atom is -0.494 e. The fourth-order valence-electron chi connectivity index (χ4n) is 1.74. The molecule has 0 saturated carbocycles. The van der Waals surface area contributed by atoms with Gasteiger partial charge in [-0.3, -0.25) is 0 Å². The highest BCUT2D eigenvalue weighted by Crippen LogP contribution is 2.17. The van der Waals surface area contributed by atoms with Crippen LogP contribution in [0.25, 0.3) is 0 Å². The lowest BCUT2D eigenvalue weighted by Crippen LogP contribution is -2.25. The first-order valence-electron chi connectivity index (χ1n) is 7.43. The van der Waals surface area contributed by atoms with Crippen molar-refractivity contribution in [1.82, 2.24) is 10.2 Å². The molecule has 0 aliphatic carbocycles. The summed E-state index contributed by atoms with van der Waals surface area (Å²) in [5.74, 6) is 1.80. The SMILES string of the molecule is CCCOc1ccc(OCCNCCCN(C)C)cc1. The van der Waals surface area contributed by atoms with Crippen LogP contribution in [0.4, 0.5) is 0 Å². The van der Waals surface area contributed by atoms with E-state index in [1.807, 2.05) is 24.3 Å². The molecular weight excluding hydrogens is 252 g/mol. The predicted molar refractivity (Wildman–Crippen MR) is 83.8 cm³/mol. The van der Waals surface area contributed by atoms with E-state index in [0.29, 0.717) is 6.61 Å². The molecular formula is C16H28N2O2. The largest absolute Gasteiger partial charge is 0.494 e. The molecule has 114 valence electrons. The number of nitrogens with zero attached hydrogens (tertiary/aromatic N) is 1. The lowest BCUT2D eigenvalue weighted by Gasteiger charge is -2.11. The summed E-state index contributed by atoms with van der Waals surface area (Å²) < 4.78 is 11.2. The molecule has 4 heteroatoms. The van der Waals surface area contributed by atoms with Crippen LogP contribution in [0.3, 0.4) is 0 Å². The third-order valence-electron chi connectivity index (χ3n) is 2.80. The molecule has 0 fully saturated rings. The summed E-state index contributed by atoms with van der Waals surface area (Å²) in [5, 5.41) is 3.37. The second-order valence-corrected chi connectivity index (χ2v) is 5.08. The number of benzene rings is 1. The second-order valence-electron chi connectivity index (χ2n) is 5.08. The smallest absolute Gasteiger partial charge is 0.119 e. The average Bonchev–Trinajstić information content (AvgIpc) is 2.45. The molecule has 0 bridgehead atoms. The molecule has 0 aromatic heterocycles. The van der Waals surface area contributed by atoms with Crippen molar-refractivity contribution >= 4 is 0 Å². The van der Waals surface area contributed by atoms with Crippen LogP contribution >= 0.6 is 0 Å². The maximum atomic E-state index is 5.66. The quantitative estimate of drug-likeness (QED) is 0.631. The van der Waals surface area contributed by atoms with Crippen LogP contribution in [-0.2, 0) is 0 Å². The molecule has 0 saturated heterocycles. The first-order valence-corrected chi connectivity index (χ1v) is 7.43. The van der Waals surface area contributed by atoms with Crippen molar-refractivity contribution < 1.29 is 9.47 Å². The molecule has 0 unspecified atom stereocenters. The summed E-state index contributed by atoms with van der Waals surface area (Å²) in [4.78, 5) is 2.19. The van der Waals surface area contributed by atoms with Crippen molar-refractivity contribution in [3.8, 4) is 11.5 Å². The Hall–Kier alpha value is -1.26. The monoisotopic (exact) mass is 280 g/mol. The van der Waals surface area contributed by atoms with E-state index in [9.17, 15) is 0 Å². The van der Waals surface area contributed by atoms with E-state index in [0.717, 1.165) is 50.6 Å². The molecule has 0 aliphatic rings. The van der Waals surface area contributed by atoms with Gasteiger partial charge in [-0.25, -0.2) is 0 Å². The Labute approximate surface area is 123 Å². The van der Waals surface area contributed by atoms with Gasteiger partial charge in [-0.1, -0.05) is 6.92 Å². The molecule has 1 rings (SSSR count). The van der Waals surface area contributed by atoms with E-state index in [1.54, 1.807) is 0 Å². The Morgan fingerprint density at radius 3 is 2.10 bits per heavy atom. The molecule has 20 heavy (non-hydrogen) atoms. The van der Waals surface area contributed by atoms with Gasteiger partial charge >= 0.3 is 0 Å². The van der Waals surface area contributed by atoms with Crippen molar-refractivity contribution in [3.05, 3.63) is 24.3 Å². The third-order valence-corrected chi connectivity index (χ3v) is 2.80. The van der Waals surface area contributed by atoms with Gasteiger partial charge < -0.3 is 19.7 Å². The van der Waals surface area contributed by atoms with Gasteiger partial charge in [0.25, 0.3) is 0 Å². The van der Waals surface area contributed by atoms with Gasteiger partial charge in [-0.05, 0) is 64.3 Å². The fourth-order valence-corrected chi connectivity index (χ4v) is 1.74. The number of hydrogen-bond donors (Lipinski definition) is 1. The third kappa shape index (κ3) is 8.02. The molecule has 0 spiro atoms. The Morgan fingerprint density at radius 1 is 0.950 bits per heavy atom. The van der Waals surface area contributed by atoms with Crippen molar-refractivity contribution in [2.45, 2.75) is 19.8 Å². The van der Waals surface area contributed by atoms with Gasteiger partial charge in [0.05, 0.1) is 6.61 Å². The van der Waals surface area contributed by atoms with E-state index in [1.165, 1.54) is 0 Å². The molecule has 0 radical (unpaired) electrons. The van der Waals surface area contributed by atoms with Gasteiger partial charge in [0, 0.05) is 6.54 Å². The maximum absolute atomic E-state index is 5.66. The Kier molecular flexibility index (Phi) is 8.83. The highest BCUT2D eigenvalue weighted by atomic mass is 16.5. The second kappa shape index (κ2) is 10.5. The summed E-state index contributed by atoms with van der Waals surface area (Å²) in [7, 11) is 4.19. The first-order chi connectivity index (χ1) is 9.72. The van der Waals surface area contributed by atoms with Crippen molar-refractivity contribution in [2.75, 3.05) is 46.9 Å². The summed E-state index contributed by atoms with van der Waals surface area (Å²) in [5.41, 5.74) is 0. The number of nitrogens with one attached hydrogen (secondary N) is 1. The standard InChI is InChI=1S/C16H28N2O2/c1-4-13-19-15-6-8-16(9-7-15)20-14-11-17-10-5-12-18(2)3/h6-9,17H,4-5,10-14H2,1-3H3. The summed E-state index contributed by atoms with van der Waals surface area (Å²) >= 11 is 0. The van der Waals surface area contributed by atoms with Crippen LogP contribution in [0.1, 0.15) is 19.8 Å². The van der Waals surface area contributed by atoms with Crippen LogP contribution in [-0.4, -0.2) is 51.8 Å². The minimum absolute atomic E-state index is 0.692. The molecule has 1 aromatic carbocycles. The van der Waals surface area contributed by atoms with E-state index < -0.39 is 0 Å². The van der Waals surface area contributed by atoms with Gasteiger partial charge in [-0.2, -0.15) is 0 Å². The highest BCUT2D eigenvalue weighted by Gasteiger charge is 1.96. The number of ether oxygens (including phenoxy) is 2.